The molecule has 20 heavy (non-hydrogen) atoms. The van der Waals surface area contributed by atoms with Gasteiger partial charge in [0, 0.05) is 23.4 Å². The lowest BCUT2D eigenvalue weighted by Crippen LogP contribution is -2.09. The van der Waals surface area contributed by atoms with Crippen molar-refractivity contribution in [2.45, 2.75) is 41.0 Å². The molecule has 2 aromatic rings. The first kappa shape index (κ1) is 14.4. The second-order valence-electron chi connectivity index (χ2n) is 5.56. The van der Waals surface area contributed by atoms with Crippen molar-refractivity contribution in [2.24, 2.45) is 0 Å². The SMILES string of the molecule is Cc1cc(C)c(CC(=O)c2ccc(C)nc2C)c(C)c1. The van der Waals surface area contributed by atoms with Crippen LogP contribution in [-0.2, 0) is 6.42 Å². The number of carbonyl (C=O) groups excluding carboxylic acids is 1. The number of aryl methyl sites for hydroxylation is 5. The molecule has 1 aromatic carbocycles. The van der Waals surface area contributed by atoms with E-state index in [2.05, 4.69) is 37.9 Å². The molecule has 0 radical (unpaired) electrons. The Morgan fingerprint density at radius 1 is 1.00 bits per heavy atom. The molecule has 2 nitrogen and oxygen atoms in total. The van der Waals surface area contributed by atoms with Gasteiger partial charge in [0.15, 0.2) is 5.78 Å². The zero-order chi connectivity index (χ0) is 14.9. The molecule has 1 aromatic heterocycles. The number of hydrogen-bond acceptors (Lipinski definition) is 2. The Morgan fingerprint density at radius 3 is 2.15 bits per heavy atom. The topological polar surface area (TPSA) is 30.0 Å². The van der Waals surface area contributed by atoms with Gasteiger partial charge in [0.2, 0.25) is 0 Å². The lowest BCUT2D eigenvalue weighted by Gasteiger charge is -2.11. The minimum atomic E-state index is 0.144. The average Bonchev–Trinajstić information content (AvgIpc) is 2.33. The Hall–Kier alpha value is -1.96. The molecule has 0 aliphatic carbocycles. The zero-order valence-corrected chi connectivity index (χ0v) is 12.9. The van der Waals surface area contributed by atoms with E-state index in [1.54, 1.807) is 0 Å². The predicted octanol–water partition coefficient (Wildman–Crippen LogP) is 4.05. The van der Waals surface area contributed by atoms with Crippen molar-refractivity contribution in [3.8, 4) is 0 Å². The van der Waals surface area contributed by atoms with Crippen LogP contribution in [0.4, 0.5) is 0 Å². The summed E-state index contributed by atoms with van der Waals surface area (Å²) in [6, 6.07) is 8.06. The predicted molar refractivity (Wildman–Crippen MR) is 82.4 cm³/mol. The number of rotatable bonds is 3. The number of aromatic nitrogens is 1. The average molecular weight is 267 g/mol. The molecule has 1 heterocycles. The van der Waals surface area contributed by atoms with Gasteiger partial charge >= 0.3 is 0 Å². The maximum absolute atomic E-state index is 12.5. The van der Waals surface area contributed by atoms with Crippen LogP contribution in [0.25, 0.3) is 0 Å². The molecule has 0 saturated carbocycles. The highest BCUT2D eigenvalue weighted by Crippen LogP contribution is 2.19. The Bertz CT molecular complexity index is 648. The summed E-state index contributed by atoms with van der Waals surface area (Å²) in [5.74, 6) is 0.144. The minimum absolute atomic E-state index is 0.144. The Kier molecular flexibility index (Phi) is 4.03. The third-order valence-electron chi connectivity index (χ3n) is 3.70. The van der Waals surface area contributed by atoms with Crippen molar-refractivity contribution in [1.82, 2.24) is 4.98 Å². The van der Waals surface area contributed by atoms with Crippen LogP contribution in [0.3, 0.4) is 0 Å². The van der Waals surface area contributed by atoms with Gasteiger partial charge < -0.3 is 0 Å². The van der Waals surface area contributed by atoms with Crippen molar-refractivity contribution < 1.29 is 4.79 Å². The van der Waals surface area contributed by atoms with Crippen molar-refractivity contribution in [1.29, 1.82) is 0 Å². The molecule has 0 saturated heterocycles. The third-order valence-corrected chi connectivity index (χ3v) is 3.70. The first-order valence-corrected chi connectivity index (χ1v) is 6.92. The molecule has 0 atom stereocenters. The van der Waals surface area contributed by atoms with Gasteiger partial charge in [-0.1, -0.05) is 17.7 Å². The van der Waals surface area contributed by atoms with Gasteiger partial charge in [0.05, 0.1) is 0 Å². The lowest BCUT2D eigenvalue weighted by molar-refractivity contribution is 0.0991. The molecule has 0 fully saturated rings. The van der Waals surface area contributed by atoms with E-state index in [1.165, 1.54) is 16.7 Å². The van der Waals surface area contributed by atoms with Gasteiger partial charge in [-0.15, -0.1) is 0 Å². The summed E-state index contributed by atoms with van der Waals surface area (Å²) in [6.45, 7) is 10.1. The van der Waals surface area contributed by atoms with Gasteiger partial charge in [0.25, 0.3) is 0 Å². The van der Waals surface area contributed by atoms with Crippen LogP contribution < -0.4 is 0 Å². The van der Waals surface area contributed by atoms with Gasteiger partial charge in [0.1, 0.15) is 0 Å². The number of benzene rings is 1. The standard InChI is InChI=1S/C18H21NO/c1-11-8-12(2)17(13(3)9-11)10-18(20)16-7-6-14(4)19-15(16)5/h6-9H,10H2,1-5H3. The fraction of sp³-hybridized carbons (Fsp3) is 0.333. The summed E-state index contributed by atoms with van der Waals surface area (Å²) in [5, 5.41) is 0. The van der Waals surface area contributed by atoms with Crippen molar-refractivity contribution in [3.63, 3.8) is 0 Å². The van der Waals surface area contributed by atoms with E-state index >= 15 is 0 Å². The van der Waals surface area contributed by atoms with Gasteiger partial charge in [-0.25, -0.2) is 0 Å². The summed E-state index contributed by atoms with van der Waals surface area (Å²) >= 11 is 0. The van der Waals surface area contributed by atoms with Crippen LogP contribution >= 0.6 is 0 Å². The summed E-state index contributed by atoms with van der Waals surface area (Å²) in [4.78, 5) is 16.9. The molecule has 0 aliphatic heterocycles. The van der Waals surface area contributed by atoms with Crippen LogP contribution in [-0.4, -0.2) is 10.8 Å². The normalized spacial score (nSPS) is 10.7. The van der Waals surface area contributed by atoms with E-state index in [-0.39, 0.29) is 5.78 Å². The Balaban J connectivity index is 2.33. The Morgan fingerprint density at radius 2 is 1.60 bits per heavy atom. The maximum Gasteiger partial charge on any atom is 0.169 e. The van der Waals surface area contributed by atoms with Gasteiger partial charge in [-0.2, -0.15) is 0 Å². The summed E-state index contributed by atoms with van der Waals surface area (Å²) in [5.41, 5.74) is 7.25. The van der Waals surface area contributed by atoms with E-state index in [9.17, 15) is 4.79 Å². The highest BCUT2D eigenvalue weighted by Gasteiger charge is 2.14. The van der Waals surface area contributed by atoms with Crippen LogP contribution in [0, 0.1) is 34.6 Å². The van der Waals surface area contributed by atoms with E-state index in [0.29, 0.717) is 6.42 Å². The summed E-state index contributed by atoms with van der Waals surface area (Å²) in [6.07, 6.45) is 0.448. The van der Waals surface area contributed by atoms with E-state index in [4.69, 9.17) is 0 Å². The fourth-order valence-electron chi connectivity index (χ4n) is 2.73. The monoisotopic (exact) mass is 267 g/mol. The van der Waals surface area contributed by atoms with Crippen LogP contribution in [0.1, 0.15) is 44.0 Å². The smallest absolute Gasteiger partial charge is 0.169 e. The van der Waals surface area contributed by atoms with Gasteiger partial charge in [-0.3, -0.25) is 9.78 Å². The number of pyridine rings is 1. The number of Topliss-reactive ketones (excluding diaryl/α,β-unsaturated/α-hetero) is 1. The van der Waals surface area contributed by atoms with E-state index < -0.39 is 0 Å². The molecule has 104 valence electrons. The molecular formula is C18H21NO. The summed E-state index contributed by atoms with van der Waals surface area (Å²) in [7, 11) is 0. The lowest BCUT2D eigenvalue weighted by atomic mass is 9.93. The second-order valence-corrected chi connectivity index (χ2v) is 5.56. The maximum atomic E-state index is 12.5. The Labute approximate surface area is 120 Å². The largest absolute Gasteiger partial charge is 0.294 e. The van der Waals surface area contributed by atoms with Crippen molar-refractivity contribution in [3.05, 3.63) is 63.5 Å². The first-order valence-electron chi connectivity index (χ1n) is 6.92. The molecule has 0 bridgehead atoms. The molecule has 2 heteroatoms. The zero-order valence-electron chi connectivity index (χ0n) is 12.9. The molecule has 0 N–H and O–H groups in total. The number of nitrogens with zero attached hydrogens (tertiary/aromatic N) is 1. The fourth-order valence-corrected chi connectivity index (χ4v) is 2.73. The minimum Gasteiger partial charge on any atom is -0.294 e. The number of ketones is 1. The molecule has 2 rings (SSSR count). The van der Waals surface area contributed by atoms with Crippen molar-refractivity contribution in [2.75, 3.05) is 0 Å². The molecule has 0 amide bonds. The quantitative estimate of drug-likeness (QED) is 0.785. The number of hydrogen-bond donors (Lipinski definition) is 0. The van der Waals surface area contributed by atoms with Gasteiger partial charge in [-0.05, 0) is 63.4 Å². The third kappa shape index (κ3) is 2.96. The highest BCUT2D eigenvalue weighted by atomic mass is 16.1. The molecule has 0 unspecified atom stereocenters. The van der Waals surface area contributed by atoms with E-state index in [0.717, 1.165) is 22.5 Å². The first-order chi connectivity index (χ1) is 9.38. The van der Waals surface area contributed by atoms with Crippen molar-refractivity contribution >= 4 is 5.78 Å². The molecule has 0 aliphatic rings. The highest BCUT2D eigenvalue weighted by molar-refractivity contribution is 5.98. The van der Waals surface area contributed by atoms with Crippen LogP contribution in [0.15, 0.2) is 24.3 Å². The van der Waals surface area contributed by atoms with E-state index in [1.807, 2.05) is 26.0 Å². The van der Waals surface area contributed by atoms with Crippen LogP contribution in [0.2, 0.25) is 0 Å². The number of carbonyl (C=O) groups is 1. The molecule has 0 spiro atoms. The van der Waals surface area contributed by atoms with Crippen LogP contribution in [0.5, 0.6) is 0 Å². The summed E-state index contributed by atoms with van der Waals surface area (Å²) < 4.78 is 0. The second kappa shape index (κ2) is 5.58. The molecular weight excluding hydrogens is 246 g/mol.